The van der Waals surface area contributed by atoms with Crippen LogP contribution in [0.1, 0.15) is 22.4 Å². The first-order valence-corrected chi connectivity index (χ1v) is 5.77. The summed E-state index contributed by atoms with van der Waals surface area (Å²) in [6.45, 7) is 3.52. The third kappa shape index (κ3) is 2.40. The average Bonchev–Trinajstić information content (AvgIpc) is 2.45. The number of nitriles is 2. The molecule has 1 aromatic heterocycles. The number of aryl methyl sites for hydroxylation is 1. The zero-order valence-corrected chi connectivity index (χ0v) is 10.9. The zero-order chi connectivity index (χ0) is 14.7. The molecule has 20 heavy (non-hydrogen) atoms. The summed E-state index contributed by atoms with van der Waals surface area (Å²) in [5, 5.41) is 28.9. The van der Waals surface area contributed by atoms with Crippen molar-refractivity contribution in [2.24, 2.45) is 0 Å². The fourth-order valence-corrected chi connectivity index (χ4v) is 1.68. The van der Waals surface area contributed by atoms with Crippen LogP contribution in [0.25, 0.3) is 0 Å². The molecule has 0 radical (unpaired) electrons. The minimum atomic E-state index is -0.501. The van der Waals surface area contributed by atoms with E-state index in [1.807, 2.05) is 6.07 Å². The maximum absolute atomic E-state index is 13.1. The first kappa shape index (κ1) is 13.4. The smallest absolute Gasteiger partial charge is 0.171 e. The van der Waals surface area contributed by atoms with Crippen molar-refractivity contribution in [2.75, 3.05) is 5.32 Å². The number of nitrogens with one attached hydrogen (secondary N) is 1. The number of hydrogen-bond donors (Lipinski definition) is 1. The number of benzene rings is 1. The Hall–Kier alpha value is -2.99. The number of rotatable bonds is 2. The summed E-state index contributed by atoms with van der Waals surface area (Å²) in [5.74, 6) is -0.252. The summed E-state index contributed by atoms with van der Waals surface area (Å²) < 4.78 is 13.1. The van der Waals surface area contributed by atoms with Crippen molar-refractivity contribution in [3.8, 4) is 12.1 Å². The molecule has 0 atom stereocenters. The normalized spacial score (nSPS) is 9.65. The lowest BCUT2D eigenvalue weighted by atomic mass is 10.1. The first-order chi connectivity index (χ1) is 9.56. The molecule has 2 aromatic rings. The van der Waals surface area contributed by atoms with E-state index in [2.05, 4.69) is 21.6 Å². The second-order valence-electron chi connectivity index (χ2n) is 4.17. The van der Waals surface area contributed by atoms with E-state index >= 15 is 0 Å². The summed E-state index contributed by atoms with van der Waals surface area (Å²) in [4.78, 5) is 0. The van der Waals surface area contributed by atoms with Gasteiger partial charge in [0.1, 0.15) is 23.5 Å². The van der Waals surface area contributed by atoms with Crippen LogP contribution in [-0.4, -0.2) is 10.2 Å². The highest BCUT2D eigenvalue weighted by Gasteiger charge is 2.12. The molecular weight excluding hydrogens is 257 g/mol. The molecule has 0 fully saturated rings. The van der Waals surface area contributed by atoms with Crippen LogP contribution in [-0.2, 0) is 0 Å². The molecule has 0 saturated carbocycles. The van der Waals surface area contributed by atoms with Gasteiger partial charge in [-0.15, -0.1) is 5.10 Å². The highest BCUT2D eigenvalue weighted by atomic mass is 19.1. The van der Waals surface area contributed by atoms with Crippen LogP contribution in [0.15, 0.2) is 18.2 Å². The standard InChI is InChI=1S/C14H10FN5/c1-8-9(2)19-20-14(12(8)7-17)18-13-4-3-11(15)5-10(13)6-16/h3-5H,1-2H3,(H,18,20). The third-order valence-corrected chi connectivity index (χ3v) is 2.92. The maximum Gasteiger partial charge on any atom is 0.171 e. The van der Waals surface area contributed by atoms with Gasteiger partial charge in [-0.05, 0) is 37.6 Å². The van der Waals surface area contributed by atoms with E-state index in [4.69, 9.17) is 5.26 Å². The SMILES string of the molecule is Cc1nnc(Nc2ccc(F)cc2C#N)c(C#N)c1C. The summed E-state index contributed by atoms with van der Waals surface area (Å²) >= 11 is 0. The predicted octanol–water partition coefficient (Wildman–Crippen LogP) is 2.72. The number of halogens is 1. The molecule has 98 valence electrons. The Bertz CT molecular complexity index is 755. The molecule has 1 heterocycles. The summed E-state index contributed by atoms with van der Waals surface area (Å²) in [7, 11) is 0. The van der Waals surface area contributed by atoms with Crippen molar-refractivity contribution < 1.29 is 4.39 Å². The van der Waals surface area contributed by atoms with E-state index in [1.54, 1.807) is 13.8 Å². The van der Waals surface area contributed by atoms with Gasteiger partial charge in [0.2, 0.25) is 0 Å². The molecule has 0 saturated heterocycles. The van der Waals surface area contributed by atoms with Crippen LogP contribution >= 0.6 is 0 Å². The van der Waals surface area contributed by atoms with E-state index in [-0.39, 0.29) is 11.4 Å². The van der Waals surface area contributed by atoms with Crippen molar-refractivity contribution >= 4 is 11.5 Å². The number of nitrogens with zero attached hydrogens (tertiary/aromatic N) is 4. The molecule has 1 N–H and O–H groups in total. The summed E-state index contributed by atoms with van der Waals surface area (Å²) in [6, 6.07) is 7.70. The Labute approximate surface area is 115 Å². The van der Waals surface area contributed by atoms with Gasteiger partial charge in [-0.25, -0.2) is 4.39 Å². The number of aromatic nitrogens is 2. The molecule has 5 nitrogen and oxygen atoms in total. The first-order valence-electron chi connectivity index (χ1n) is 5.77. The monoisotopic (exact) mass is 267 g/mol. The maximum atomic E-state index is 13.1. The molecule has 0 amide bonds. The molecular formula is C14H10FN5. The molecule has 0 spiro atoms. The summed E-state index contributed by atoms with van der Waals surface area (Å²) in [5.41, 5.74) is 2.24. The van der Waals surface area contributed by atoms with Crippen molar-refractivity contribution in [1.82, 2.24) is 10.2 Å². The molecule has 2 rings (SSSR count). The van der Waals surface area contributed by atoms with Gasteiger partial charge in [-0.2, -0.15) is 15.6 Å². The van der Waals surface area contributed by atoms with Crippen molar-refractivity contribution in [1.29, 1.82) is 10.5 Å². The lowest BCUT2D eigenvalue weighted by Gasteiger charge is -2.10. The van der Waals surface area contributed by atoms with Crippen molar-refractivity contribution in [3.63, 3.8) is 0 Å². The highest BCUT2D eigenvalue weighted by Crippen LogP contribution is 2.24. The molecule has 0 aliphatic carbocycles. The fraction of sp³-hybridized carbons (Fsp3) is 0.143. The predicted molar refractivity (Wildman–Crippen MR) is 70.6 cm³/mol. The molecule has 0 bridgehead atoms. The Morgan fingerprint density at radius 1 is 1.15 bits per heavy atom. The van der Waals surface area contributed by atoms with Crippen LogP contribution in [0.5, 0.6) is 0 Å². The lowest BCUT2D eigenvalue weighted by molar-refractivity contribution is 0.627. The Kier molecular flexibility index (Phi) is 3.58. The van der Waals surface area contributed by atoms with Gasteiger partial charge in [0.05, 0.1) is 16.9 Å². The van der Waals surface area contributed by atoms with Crippen LogP contribution in [0.4, 0.5) is 15.9 Å². The van der Waals surface area contributed by atoms with Crippen LogP contribution in [0.2, 0.25) is 0 Å². The highest BCUT2D eigenvalue weighted by molar-refractivity contribution is 5.69. The zero-order valence-electron chi connectivity index (χ0n) is 10.9. The second kappa shape index (κ2) is 5.33. The molecule has 0 aliphatic heterocycles. The van der Waals surface area contributed by atoms with Crippen molar-refractivity contribution in [2.45, 2.75) is 13.8 Å². The Balaban J connectivity index is 2.49. The molecule has 0 unspecified atom stereocenters. The van der Waals surface area contributed by atoms with Crippen LogP contribution < -0.4 is 5.32 Å². The topological polar surface area (TPSA) is 85.4 Å². The average molecular weight is 267 g/mol. The van der Waals surface area contributed by atoms with E-state index in [0.717, 1.165) is 6.07 Å². The Morgan fingerprint density at radius 3 is 2.55 bits per heavy atom. The van der Waals surface area contributed by atoms with E-state index in [0.29, 0.717) is 22.5 Å². The lowest BCUT2D eigenvalue weighted by Crippen LogP contribution is -2.04. The Morgan fingerprint density at radius 2 is 1.90 bits per heavy atom. The van der Waals surface area contributed by atoms with Gasteiger partial charge in [-0.1, -0.05) is 0 Å². The molecule has 0 aliphatic rings. The minimum absolute atomic E-state index is 0.133. The second-order valence-corrected chi connectivity index (χ2v) is 4.17. The van der Waals surface area contributed by atoms with Gasteiger partial charge in [-0.3, -0.25) is 0 Å². The molecule has 1 aromatic carbocycles. The van der Waals surface area contributed by atoms with Gasteiger partial charge < -0.3 is 5.32 Å². The van der Waals surface area contributed by atoms with E-state index in [9.17, 15) is 9.65 Å². The van der Waals surface area contributed by atoms with E-state index < -0.39 is 5.82 Å². The number of hydrogen-bond acceptors (Lipinski definition) is 5. The van der Waals surface area contributed by atoms with E-state index in [1.165, 1.54) is 12.1 Å². The quantitative estimate of drug-likeness (QED) is 0.904. The molecule has 6 heteroatoms. The largest absolute Gasteiger partial charge is 0.337 e. The van der Waals surface area contributed by atoms with Crippen molar-refractivity contribution in [3.05, 3.63) is 46.4 Å². The number of anilines is 2. The van der Waals surface area contributed by atoms with Gasteiger partial charge >= 0.3 is 0 Å². The summed E-state index contributed by atoms with van der Waals surface area (Å²) in [6.07, 6.45) is 0. The van der Waals surface area contributed by atoms with Gasteiger partial charge in [0.25, 0.3) is 0 Å². The van der Waals surface area contributed by atoms with Crippen LogP contribution in [0.3, 0.4) is 0 Å². The fourth-order valence-electron chi connectivity index (χ4n) is 1.68. The van der Waals surface area contributed by atoms with Crippen LogP contribution in [0, 0.1) is 42.3 Å². The van der Waals surface area contributed by atoms with Gasteiger partial charge in [0.15, 0.2) is 5.82 Å². The van der Waals surface area contributed by atoms with Gasteiger partial charge in [0, 0.05) is 0 Å². The minimum Gasteiger partial charge on any atom is -0.337 e. The third-order valence-electron chi connectivity index (χ3n) is 2.92.